The van der Waals surface area contributed by atoms with Crippen LogP contribution in [0.4, 0.5) is 4.39 Å². The van der Waals surface area contributed by atoms with E-state index in [-0.39, 0.29) is 29.0 Å². The quantitative estimate of drug-likeness (QED) is 0.914. The van der Waals surface area contributed by atoms with Crippen molar-refractivity contribution in [2.45, 2.75) is 31.4 Å². The largest absolute Gasteiger partial charge is 0.488 e. The molecule has 1 N–H and O–H groups in total. The molecule has 6 heteroatoms. The number of halogens is 1. The highest BCUT2D eigenvalue weighted by atomic mass is 32.2. The van der Waals surface area contributed by atoms with Crippen LogP contribution in [0.1, 0.15) is 18.9 Å². The van der Waals surface area contributed by atoms with Crippen molar-refractivity contribution in [1.82, 2.24) is 5.32 Å². The van der Waals surface area contributed by atoms with E-state index in [0.29, 0.717) is 19.4 Å². The smallest absolute Gasteiger partial charge is 0.152 e. The second-order valence-electron chi connectivity index (χ2n) is 5.98. The van der Waals surface area contributed by atoms with E-state index in [1.165, 1.54) is 12.1 Å². The average Bonchev–Trinajstić information content (AvgIpc) is 2.87. The number of hydrogen-bond donors (Lipinski definition) is 1. The molecule has 2 atom stereocenters. The summed E-state index contributed by atoms with van der Waals surface area (Å²) in [7, 11) is -2.91. The first-order valence-electron chi connectivity index (χ1n) is 6.76. The molecule has 2 heterocycles. The summed E-state index contributed by atoms with van der Waals surface area (Å²) in [5.74, 6) is 0.888. The molecule has 2 aliphatic heterocycles. The van der Waals surface area contributed by atoms with Gasteiger partial charge in [-0.2, -0.15) is 0 Å². The van der Waals surface area contributed by atoms with Crippen LogP contribution in [0, 0.1) is 5.82 Å². The van der Waals surface area contributed by atoms with Gasteiger partial charge in [-0.15, -0.1) is 0 Å². The predicted molar refractivity (Wildman–Crippen MR) is 74.2 cm³/mol. The number of ether oxygens (including phenoxy) is 1. The maximum Gasteiger partial charge on any atom is 0.152 e. The highest BCUT2D eigenvalue weighted by molar-refractivity contribution is 7.91. The van der Waals surface area contributed by atoms with Crippen molar-refractivity contribution in [3.63, 3.8) is 0 Å². The lowest BCUT2D eigenvalue weighted by Crippen LogP contribution is -2.47. The SMILES string of the molecule is CC1(NCC2Cc3cc(F)ccc3O2)CCS(=O)(=O)C1. The molecule has 2 unspecified atom stereocenters. The zero-order valence-corrected chi connectivity index (χ0v) is 12.2. The monoisotopic (exact) mass is 299 g/mol. The Hall–Kier alpha value is -1.14. The average molecular weight is 299 g/mol. The summed E-state index contributed by atoms with van der Waals surface area (Å²) in [4.78, 5) is 0. The van der Waals surface area contributed by atoms with E-state index >= 15 is 0 Å². The molecule has 0 aromatic heterocycles. The molecule has 20 heavy (non-hydrogen) atoms. The van der Waals surface area contributed by atoms with Crippen LogP contribution in [0.25, 0.3) is 0 Å². The molecule has 1 aromatic rings. The zero-order chi connectivity index (χ0) is 14.4. The summed E-state index contributed by atoms with van der Waals surface area (Å²) in [6.07, 6.45) is 1.22. The molecule has 0 aliphatic carbocycles. The van der Waals surface area contributed by atoms with Crippen molar-refractivity contribution in [2.75, 3.05) is 18.1 Å². The minimum absolute atomic E-state index is 0.0630. The number of rotatable bonds is 3. The summed E-state index contributed by atoms with van der Waals surface area (Å²) in [6, 6.07) is 4.53. The molecule has 0 radical (unpaired) electrons. The first-order chi connectivity index (χ1) is 9.35. The van der Waals surface area contributed by atoms with Crippen LogP contribution in [0.15, 0.2) is 18.2 Å². The van der Waals surface area contributed by atoms with Gasteiger partial charge in [0.25, 0.3) is 0 Å². The third-order valence-corrected chi connectivity index (χ3v) is 5.93. The number of nitrogens with one attached hydrogen (secondary N) is 1. The number of hydrogen-bond acceptors (Lipinski definition) is 4. The van der Waals surface area contributed by atoms with Crippen LogP contribution in [0.5, 0.6) is 5.75 Å². The van der Waals surface area contributed by atoms with Gasteiger partial charge in [-0.1, -0.05) is 0 Å². The molecular weight excluding hydrogens is 281 g/mol. The Kier molecular flexibility index (Phi) is 3.25. The fourth-order valence-corrected chi connectivity index (χ4v) is 5.04. The minimum atomic E-state index is -2.91. The highest BCUT2D eigenvalue weighted by Gasteiger charge is 2.38. The Balaban J connectivity index is 1.59. The maximum atomic E-state index is 13.1. The fourth-order valence-electron chi connectivity index (χ4n) is 2.91. The van der Waals surface area contributed by atoms with Gasteiger partial charge in [0.1, 0.15) is 17.7 Å². The van der Waals surface area contributed by atoms with E-state index in [9.17, 15) is 12.8 Å². The zero-order valence-electron chi connectivity index (χ0n) is 11.4. The first-order valence-corrected chi connectivity index (χ1v) is 8.58. The van der Waals surface area contributed by atoms with E-state index in [0.717, 1.165) is 11.3 Å². The molecule has 2 aliphatic rings. The second kappa shape index (κ2) is 4.70. The van der Waals surface area contributed by atoms with Gasteiger partial charge in [-0.05, 0) is 31.5 Å². The standard InChI is InChI=1S/C14H18FNO3S/c1-14(4-5-20(17,18)9-14)16-8-12-7-10-6-11(15)2-3-13(10)19-12/h2-3,6,12,16H,4-5,7-9H2,1H3. The lowest BCUT2D eigenvalue weighted by molar-refractivity contribution is 0.210. The Bertz CT molecular complexity index is 631. The van der Waals surface area contributed by atoms with E-state index in [1.54, 1.807) is 6.07 Å². The molecule has 1 fully saturated rings. The van der Waals surface area contributed by atoms with Crippen LogP contribution in [-0.4, -0.2) is 38.1 Å². The Morgan fingerprint density at radius 2 is 2.30 bits per heavy atom. The van der Waals surface area contributed by atoms with Gasteiger partial charge in [0, 0.05) is 24.1 Å². The normalized spacial score (nSPS) is 31.0. The maximum absolute atomic E-state index is 13.1. The molecule has 1 saturated heterocycles. The minimum Gasteiger partial charge on any atom is -0.488 e. The van der Waals surface area contributed by atoms with E-state index in [4.69, 9.17) is 4.74 Å². The molecule has 4 nitrogen and oxygen atoms in total. The van der Waals surface area contributed by atoms with Gasteiger partial charge in [0.2, 0.25) is 0 Å². The molecule has 110 valence electrons. The van der Waals surface area contributed by atoms with Gasteiger partial charge in [0.05, 0.1) is 11.5 Å². The molecule has 0 amide bonds. The number of fused-ring (bicyclic) bond motifs is 1. The van der Waals surface area contributed by atoms with Crippen molar-refractivity contribution >= 4 is 9.84 Å². The molecule has 0 saturated carbocycles. The lowest BCUT2D eigenvalue weighted by atomic mass is 10.0. The molecule has 0 bridgehead atoms. The van der Waals surface area contributed by atoms with Crippen LogP contribution < -0.4 is 10.1 Å². The van der Waals surface area contributed by atoms with Crippen molar-refractivity contribution in [2.24, 2.45) is 0 Å². The first kappa shape index (κ1) is 13.8. The third-order valence-electron chi connectivity index (χ3n) is 4.02. The third kappa shape index (κ3) is 2.81. The van der Waals surface area contributed by atoms with Crippen molar-refractivity contribution < 1.29 is 17.5 Å². The van der Waals surface area contributed by atoms with Gasteiger partial charge >= 0.3 is 0 Å². The van der Waals surface area contributed by atoms with Crippen LogP contribution in [-0.2, 0) is 16.3 Å². The van der Waals surface area contributed by atoms with E-state index in [2.05, 4.69) is 5.32 Å². The summed E-state index contributed by atoms with van der Waals surface area (Å²) in [5.41, 5.74) is 0.503. The topological polar surface area (TPSA) is 55.4 Å². The van der Waals surface area contributed by atoms with Gasteiger partial charge in [-0.3, -0.25) is 0 Å². The van der Waals surface area contributed by atoms with Gasteiger partial charge < -0.3 is 10.1 Å². The van der Waals surface area contributed by atoms with Crippen LogP contribution in [0.3, 0.4) is 0 Å². The second-order valence-corrected chi connectivity index (χ2v) is 8.16. The summed E-state index contributed by atoms with van der Waals surface area (Å²) >= 11 is 0. The number of sulfone groups is 1. The molecule has 1 aromatic carbocycles. The van der Waals surface area contributed by atoms with E-state index < -0.39 is 9.84 Å². The van der Waals surface area contributed by atoms with Crippen LogP contribution in [0.2, 0.25) is 0 Å². The molecular formula is C14H18FNO3S. The summed E-state index contributed by atoms with van der Waals surface area (Å²) in [6.45, 7) is 2.50. The lowest BCUT2D eigenvalue weighted by Gasteiger charge is -2.25. The van der Waals surface area contributed by atoms with Crippen LogP contribution >= 0.6 is 0 Å². The number of benzene rings is 1. The Morgan fingerprint density at radius 3 is 3.00 bits per heavy atom. The summed E-state index contributed by atoms with van der Waals surface area (Å²) < 4.78 is 42.0. The Morgan fingerprint density at radius 1 is 1.50 bits per heavy atom. The fraction of sp³-hybridized carbons (Fsp3) is 0.571. The highest BCUT2D eigenvalue weighted by Crippen LogP contribution is 2.30. The molecule has 3 rings (SSSR count). The van der Waals surface area contributed by atoms with E-state index in [1.807, 2.05) is 6.92 Å². The van der Waals surface area contributed by atoms with Gasteiger partial charge in [0.15, 0.2) is 9.84 Å². The summed E-state index contributed by atoms with van der Waals surface area (Å²) in [5, 5.41) is 3.31. The van der Waals surface area contributed by atoms with Crippen molar-refractivity contribution in [1.29, 1.82) is 0 Å². The van der Waals surface area contributed by atoms with Crippen molar-refractivity contribution in [3.05, 3.63) is 29.6 Å². The molecule has 0 spiro atoms. The predicted octanol–water partition coefficient (Wildman–Crippen LogP) is 1.30. The van der Waals surface area contributed by atoms with Crippen molar-refractivity contribution in [3.8, 4) is 5.75 Å². The van der Waals surface area contributed by atoms with Gasteiger partial charge in [-0.25, -0.2) is 12.8 Å². The Labute approximate surface area is 118 Å².